The fourth-order valence-electron chi connectivity index (χ4n) is 2.40. The third kappa shape index (κ3) is 3.94. The van der Waals surface area contributed by atoms with Crippen molar-refractivity contribution in [3.63, 3.8) is 0 Å². The largest absolute Gasteiger partial charge is 0.481 e. The number of aliphatic carboxylic acids is 1. The zero-order valence-corrected chi connectivity index (χ0v) is 12.0. The number of carboxylic acids is 1. The highest BCUT2D eigenvalue weighted by Crippen LogP contribution is 2.26. The lowest BCUT2D eigenvalue weighted by Gasteiger charge is -2.32. The van der Waals surface area contributed by atoms with Gasteiger partial charge in [0.05, 0.1) is 9.21 Å². The summed E-state index contributed by atoms with van der Waals surface area (Å²) in [6, 6.07) is 3.47. The zero-order chi connectivity index (χ0) is 13.8. The zero-order valence-electron chi connectivity index (χ0n) is 10.5. The van der Waals surface area contributed by atoms with E-state index in [0.717, 1.165) is 19.4 Å². The van der Waals surface area contributed by atoms with E-state index < -0.39 is 5.97 Å². The maximum atomic E-state index is 12.3. The number of rotatable bonds is 4. The summed E-state index contributed by atoms with van der Waals surface area (Å²) >= 11 is 7.13. The summed E-state index contributed by atoms with van der Waals surface area (Å²) in [6.45, 7) is 1.40. The molecular formula is C13H16ClNO3S. The molecule has 1 amide bonds. The second kappa shape index (κ2) is 6.39. The van der Waals surface area contributed by atoms with Gasteiger partial charge in [-0.05, 0) is 37.3 Å². The average molecular weight is 302 g/mol. The first-order chi connectivity index (χ1) is 9.06. The molecule has 0 bridgehead atoms. The van der Waals surface area contributed by atoms with E-state index in [2.05, 4.69) is 0 Å². The molecule has 1 N–H and O–H groups in total. The van der Waals surface area contributed by atoms with Gasteiger partial charge in [-0.25, -0.2) is 0 Å². The molecule has 4 nitrogen and oxygen atoms in total. The summed E-state index contributed by atoms with van der Waals surface area (Å²) in [6.07, 6.45) is 2.76. The molecule has 1 atom stereocenters. The Balaban J connectivity index is 1.93. The van der Waals surface area contributed by atoms with Gasteiger partial charge in [0.25, 0.3) is 5.91 Å². The highest BCUT2D eigenvalue weighted by atomic mass is 35.5. The van der Waals surface area contributed by atoms with Gasteiger partial charge in [0, 0.05) is 19.5 Å². The number of piperidine rings is 1. The minimum atomic E-state index is -0.770. The van der Waals surface area contributed by atoms with Crippen molar-refractivity contribution in [1.29, 1.82) is 0 Å². The summed E-state index contributed by atoms with van der Waals surface area (Å²) in [5.74, 6) is -0.463. The van der Waals surface area contributed by atoms with E-state index in [-0.39, 0.29) is 12.3 Å². The molecule has 1 saturated heterocycles. The molecule has 104 valence electrons. The van der Waals surface area contributed by atoms with Gasteiger partial charge in [0.2, 0.25) is 0 Å². The van der Waals surface area contributed by atoms with E-state index in [0.29, 0.717) is 28.1 Å². The number of carboxylic acid groups (broad SMARTS) is 1. The monoisotopic (exact) mass is 301 g/mol. The minimum Gasteiger partial charge on any atom is -0.481 e. The van der Waals surface area contributed by atoms with Gasteiger partial charge < -0.3 is 10.0 Å². The number of amides is 1. The SMILES string of the molecule is O=C(O)CC[C@@H]1CCCN(C(=O)c2ccc(Cl)s2)C1. The van der Waals surface area contributed by atoms with E-state index in [4.69, 9.17) is 16.7 Å². The van der Waals surface area contributed by atoms with Crippen LogP contribution in [0, 0.1) is 5.92 Å². The highest BCUT2D eigenvalue weighted by molar-refractivity contribution is 7.17. The average Bonchev–Trinajstić information content (AvgIpc) is 2.82. The van der Waals surface area contributed by atoms with Crippen LogP contribution in [0.25, 0.3) is 0 Å². The van der Waals surface area contributed by atoms with Crippen molar-refractivity contribution in [2.45, 2.75) is 25.7 Å². The van der Waals surface area contributed by atoms with Crippen molar-refractivity contribution in [1.82, 2.24) is 4.90 Å². The number of likely N-dealkylation sites (tertiary alicyclic amines) is 1. The predicted molar refractivity (Wildman–Crippen MR) is 74.8 cm³/mol. The van der Waals surface area contributed by atoms with Crippen molar-refractivity contribution < 1.29 is 14.7 Å². The van der Waals surface area contributed by atoms with Gasteiger partial charge >= 0.3 is 5.97 Å². The number of hydrogen-bond donors (Lipinski definition) is 1. The van der Waals surface area contributed by atoms with Crippen LogP contribution in [0.4, 0.5) is 0 Å². The Hall–Kier alpha value is -1.07. The molecule has 19 heavy (non-hydrogen) atoms. The number of thiophene rings is 1. The maximum Gasteiger partial charge on any atom is 0.303 e. The smallest absolute Gasteiger partial charge is 0.303 e. The van der Waals surface area contributed by atoms with Crippen LogP contribution in [-0.4, -0.2) is 35.0 Å². The van der Waals surface area contributed by atoms with Gasteiger partial charge in [0.15, 0.2) is 0 Å². The van der Waals surface area contributed by atoms with Crippen molar-refractivity contribution in [3.8, 4) is 0 Å². The van der Waals surface area contributed by atoms with Crippen molar-refractivity contribution in [2.24, 2.45) is 5.92 Å². The van der Waals surface area contributed by atoms with Crippen LogP contribution < -0.4 is 0 Å². The number of carbonyl (C=O) groups is 2. The number of hydrogen-bond acceptors (Lipinski definition) is 3. The van der Waals surface area contributed by atoms with Gasteiger partial charge in [-0.2, -0.15) is 0 Å². The van der Waals surface area contributed by atoms with Crippen molar-refractivity contribution in [2.75, 3.05) is 13.1 Å². The molecular weight excluding hydrogens is 286 g/mol. The molecule has 6 heteroatoms. The molecule has 1 fully saturated rings. The molecule has 1 aromatic heterocycles. The van der Waals surface area contributed by atoms with Crippen molar-refractivity contribution in [3.05, 3.63) is 21.3 Å². The summed E-state index contributed by atoms with van der Waals surface area (Å²) in [5, 5.41) is 8.71. The van der Waals surface area contributed by atoms with Crippen LogP contribution >= 0.6 is 22.9 Å². The Morgan fingerprint density at radius 3 is 2.89 bits per heavy atom. The normalized spacial score (nSPS) is 19.4. The van der Waals surface area contributed by atoms with Crippen molar-refractivity contribution >= 4 is 34.8 Å². The van der Waals surface area contributed by atoms with Crippen LogP contribution in [0.1, 0.15) is 35.4 Å². The molecule has 0 radical (unpaired) electrons. The Morgan fingerprint density at radius 2 is 2.26 bits per heavy atom. The van der Waals surface area contributed by atoms with Crippen LogP contribution in [0.2, 0.25) is 4.34 Å². The standard InChI is InChI=1S/C13H16ClNO3S/c14-11-5-4-10(19-11)13(18)15-7-1-2-9(8-15)3-6-12(16)17/h4-5,9H,1-3,6-8H2,(H,16,17)/t9-/m0/s1. The van der Waals surface area contributed by atoms with E-state index in [9.17, 15) is 9.59 Å². The fraction of sp³-hybridized carbons (Fsp3) is 0.538. The lowest BCUT2D eigenvalue weighted by molar-refractivity contribution is -0.137. The van der Waals surface area contributed by atoms with Gasteiger partial charge in [-0.1, -0.05) is 11.6 Å². The second-order valence-electron chi connectivity index (χ2n) is 4.80. The van der Waals surface area contributed by atoms with Gasteiger partial charge in [-0.15, -0.1) is 11.3 Å². The number of carbonyl (C=O) groups excluding carboxylic acids is 1. The fourth-order valence-corrected chi connectivity index (χ4v) is 3.41. The molecule has 0 aliphatic carbocycles. The third-order valence-electron chi connectivity index (χ3n) is 3.36. The molecule has 0 saturated carbocycles. The molecule has 1 aliphatic rings. The minimum absolute atomic E-state index is 0.0110. The summed E-state index contributed by atoms with van der Waals surface area (Å²) in [4.78, 5) is 25.3. The summed E-state index contributed by atoms with van der Waals surface area (Å²) in [5.41, 5.74) is 0. The van der Waals surface area contributed by atoms with Gasteiger partial charge in [0.1, 0.15) is 0 Å². The van der Waals surface area contributed by atoms with E-state index in [1.54, 1.807) is 12.1 Å². The molecule has 1 aliphatic heterocycles. The van der Waals surface area contributed by atoms with Crippen LogP contribution in [0.15, 0.2) is 12.1 Å². The Kier molecular flexibility index (Phi) is 4.82. The van der Waals surface area contributed by atoms with E-state index in [1.165, 1.54) is 11.3 Å². The van der Waals surface area contributed by atoms with E-state index in [1.807, 2.05) is 4.90 Å². The second-order valence-corrected chi connectivity index (χ2v) is 6.51. The lowest BCUT2D eigenvalue weighted by Crippen LogP contribution is -2.39. The van der Waals surface area contributed by atoms with Crippen LogP contribution in [0.5, 0.6) is 0 Å². The van der Waals surface area contributed by atoms with Crippen LogP contribution in [0.3, 0.4) is 0 Å². The summed E-state index contributed by atoms with van der Waals surface area (Å²) < 4.78 is 0.614. The first kappa shape index (κ1) is 14.3. The van der Waals surface area contributed by atoms with E-state index >= 15 is 0 Å². The molecule has 2 heterocycles. The lowest BCUT2D eigenvalue weighted by atomic mass is 9.93. The molecule has 0 spiro atoms. The Bertz CT molecular complexity index is 474. The summed E-state index contributed by atoms with van der Waals surface area (Å²) in [7, 11) is 0. The first-order valence-electron chi connectivity index (χ1n) is 6.32. The molecule has 1 aromatic rings. The number of halogens is 1. The predicted octanol–water partition coefficient (Wildman–Crippen LogP) is 3.12. The molecule has 0 aromatic carbocycles. The number of nitrogens with zero attached hydrogens (tertiary/aromatic N) is 1. The Labute approximate surface area is 121 Å². The quantitative estimate of drug-likeness (QED) is 0.929. The maximum absolute atomic E-state index is 12.3. The topological polar surface area (TPSA) is 57.6 Å². The molecule has 0 unspecified atom stereocenters. The third-order valence-corrected chi connectivity index (χ3v) is 4.58. The Morgan fingerprint density at radius 1 is 1.47 bits per heavy atom. The van der Waals surface area contributed by atoms with Crippen LogP contribution in [-0.2, 0) is 4.79 Å². The van der Waals surface area contributed by atoms with Gasteiger partial charge in [-0.3, -0.25) is 9.59 Å². The highest BCUT2D eigenvalue weighted by Gasteiger charge is 2.25. The first-order valence-corrected chi connectivity index (χ1v) is 7.52. The molecule has 2 rings (SSSR count).